The topological polar surface area (TPSA) is 39.1 Å². The fourth-order valence-corrected chi connectivity index (χ4v) is 2.62. The van der Waals surface area contributed by atoms with Crippen molar-refractivity contribution >= 4 is 11.6 Å². The zero-order valence-corrected chi connectivity index (χ0v) is 15.2. The summed E-state index contributed by atoms with van der Waals surface area (Å²) in [5, 5.41) is 8.87. The van der Waals surface area contributed by atoms with Crippen LogP contribution in [0.2, 0.25) is 5.02 Å². The van der Waals surface area contributed by atoms with E-state index in [1.165, 1.54) is 5.56 Å². The van der Waals surface area contributed by atoms with Gasteiger partial charge in [0.2, 0.25) is 0 Å². The van der Waals surface area contributed by atoms with Crippen LogP contribution in [0.15, 0.2) is 24.3 Å². The molecule has 0 amide bonds. The van der Waals surface area contributed by atoms with E-state index in [1.807, 2.05) is 28.9 Å². The van der Waals surface area contributed by atoms with E-state index in [-0.39, 0.29) is 0 Å². The van der Waals surface area contributed by atoms with Gasteiger partial charge in [0.05, 0.1) is 17.5 Å². The van der Waals surface area contributed by atoms with Crippen molar-refractivity contribution in [3.05, 3.63) is 46.2 Å². The van der Waals surface area contributed by atoms with Gasteiger partial charge in [-0.25, -0.2) is 4.68 Å². The van der Waals surface area contributed by atoms with E-state index < -0.39 is 0 Å². The third-order valence-corrected chi connectivity index (χ3v) is 4.02. The summed E-state index contributed by atoms with van der Waals surface area (Å²) in [7, 11) is 0. The number of halogens is 1. The molecule has 0 aliphatic carbocycles. The predicted molar refractivity (Wildman–Crippen MR) is 95.5 cm³/mol. The zero-order valence-electron chi connectivity index (χ0n) is 14.4. The van der Waals surface area contributed by atoms with Gasteiger partial charge in [-0.3, -0.25) is 0 Å². The Labute approximate surface area is 143 Å². The Morgan fingerprint density at radius 2 is 1.91 bits per heavy atom. The van der Waals surface area contributed by atoms with Crippen molar-refractivity contribution in [2.24, 2.45) is 0 Å². The summed E-state index contributed by atoms with van der Waals surface area (Å²) < 4.78 is 7.52. The lowest BCUT2D eigenvalue weighted by Gasteiger charge is -2.09. The number of nitrogens with one attached hydrogen (secondary N) is 1. The highest BCUT2D eigenvalue weighted by Crippen LogP contribution is 2.19. The van der Waals surface area contributed by atoms with Gasteiger partial charge in [-0.1, -0.05) is 11.6 Å². The molecule has 2 rings (SSSR count). The molecule has 0 unspecified atom stereocenters. The third-order valence-electron chi connectivity index (χ3n) is 3.76. The number of aryl methyl sites for hydroxylation is 1. The molecule has 0 saturated heterocycles. The molecule has 0 aliphatic heterocycles. The van der Waals surface area contributed by atoms with Crippen molar-refractivity contribution in [2.45, 2.75) is 46.8 Å². The minimum Gasteiger partial charge on any atom is -0.379 e. The van der Waals surface area contributed by atoms with Crippen molar-refractivity contribution in [3.63, 3.8) is 0 Å². The molecule has 0 fully saturated rings. The number of hydrogen-bond acceptors (Lipinski definition) is 3. The van der Waals surface area contributed by atoms with Crippen molar-refractivity contribution in [3.8, 4) is 5.69 Å². The fourth-order valence-electron chi connectivity index (χ4n) is 2.49. The molecule has 0 radical (unpaired) electrons. The molecule has 1 heterocycles. The van der Waals surface area contributed by atoms with E-state index in [9.17, 15) is 0 Å². The van der Waals surface area contributed by atoms with E-state index >= 15 is 0 Å². The Kier molecular flexibility index (Phi) is 6.63. The van der Waals surface area contributed by atoms with Gasteiger partial charge in [-0.2, -0.15) is 5.10 Å². The minimum atomic E-state index is 0.303. The fraction of sp³-hybridized carbons (Fsp3) is 0.500. The Hall–Kier alpha value is -1.36. The van der Waals surface area contributed by atoms with Crippen LogP contribution in [-0.2, 0) is 11.3 Å². The van der Waals surface area contributed by atoms with Crippen LogP contribution >= 0.6 is 11.6 Å². The summed E-state index contributed by atoms with van der Waals surface area (Å²) in [6.45, 7) is 10.8. The van der Waals surface area contributed by atoms with Crippen LogP contribution in [-0.4, -0.2) is 29.0 Å². The summed E-state index contributed by atoms with van der Waals surface area (Å²) in [6, 6.07) is 7.75. The second-order valence-corrected chi connectivity index (χ2v) is 6.42. The van der Waals surface area contributed by atoms with E-state index in [4.69, 9.17) is 16.3 Å². The lowest BCUT2D eigenvalue weighted by Crippen LogP contribution is -2.18. The maximum atomic E-state index is 5.96. The number of rotatable bonds is 8. The Balaban J connectivity index is 1.94. The lowest BCUT2D eigenvalue weighted by atomic mass is 10.2. The van der Waals surface area contributed by atoms with Crippen molar-refractivity contribution in [1.29, 1.82) is 0 Å². The molecule has 23 heavy (non-hydrogen) atoms. The summed E-state index contributed by atoms with van der Waals surface area (Å²) in [4.78, 5) is 0. The molecule has 2 aromatic rings. The molecule has 0 aliphatic rings. The number of hydrogen-bond donors (Lipinski definition) is 1. The maximum Gasteiger partial charge on any atom is 0.0649 e. The van der Waals surface area contributed by atoms with Crippen LogP contribution in [0.1, 0.15) is 37.2 Å². The molecule has 1 N–H and O–H groups in total. The summed E-state index contributed by atoms with van der Waals surface area (Å²) in [6.07, 6.45) is 1.32. The summed E-state index contributed by atoms with van der Waals surface area (Å²) in [5.41, 5.74) is 4.51. The molecule has 0 spiro atoms. The highest BCUT2D eigenvalue weighted by molar-refractivity contribution is 6.30. The van der Waals surface area contributed by atoms with Gasteiger partial charge in [-0.05, 0) is 64.9 Å². The first-order valence-corrected chi connectivity index (χ1v) is 8.50. The highest BCUT2D eigenvalue weighted by Gasteiger charge is 2.12. The van der Waals surface area contributed by atoms with E-state index in [2.05, 4.69) is 38.1 Å². The molecule has 4 nitrogen and oxygen atoms in total. The first-order valence-electron chi connectivity index (χ1n) is 8.12. The first-order chi connectivity index (χ1) is 11.0. The van der Waals surface area contributed by atoms with Crippen LogP contribution in [0.25, 0.3) is 5.69 Å². The molecule has 1 aromatic carbocycles. The molecular formula is C18H26ClN3O. The summed E-state index contributed by atoms with van der Waals surface area (Å²) >= 11 is 5.96. The third kappa shape index (κ3) is 5.06. The largest absolute Gasteiger partial charge is 0.379 e. The summed E-state index contributed by atoms with van der Waals surface area (Å²) in [5.74, 6) is 0. The molecule has 0 atom stereocenters. The van der Waals surface area contributed by atoms with E-state index in [1.54, 1.807) is 0 Å². The van der Waals surface area contributed by atoms with Gasteiger partial charge >= 0.3 is 0 Å². The second-order valence-electron chi connectivity index (χ2n) is 5.99. The van der Waals surface area contributed by atoms with Gasteiger partial charge in [0.1, 0.15) is 0 Å². The minimum absolute atomic E-state index is 0.303. The van der Waals surface area contributed by atoms with E-state index in [0.717, 1.165) is 48.2 Å². The Bertz CT molecular complexity index is 620. The molecule has 0 bridgehead atoms. The number of ether oxygens (including phenoxy) is 1. The smallest absolute Gasteiger partial charge is 0.0649 e. The van der Waals surface area contributed by atoms with Gasteiger partial charge in [-0.15, -0.1) is 0 Å². The van der Waals surface area contributed by atoms with Crippen molar-refractivity contribution < 1.29 is 4.74 Å². The van der Waals surface area contributed by atoms with Gasteiger partial charge in [0, 0.05) is 29.4 Å². The van der Waals surface area contributed by atoms with Gasteiger partial charge < -0.3 is 10.1 Å². The molecule has 1 aromatic heterocycles. The number of benzene rings is 1. The second kappa shape index (κ2) is 8.48. The van der Waals surface area contributed by atoms with Crippen LogP contribution in [0.5, 0.6) is 0 Å². The monoisotopic (exact) mass is 335 g/mol. The van der Waals surface area contributed by atoms with Crippen LogP contribution < -0.4 is 5.32 Å². The number of nitrogens with zero attached hydrogens (tertiary/aromatic N) is 2. The predicted octanol–water partition coefficient (Wildman–Crippen LogP) is 4.05. The average molecular weight is 336 g/mol. The van der Waals surface area contributed by atoms with Crippen LogP contribution in [0, 0.1) is 13.8 Å². The van der Waals surface area contributed by atoms with Gasteiger partial charge in [0.15, 0.2) is 0 Å². The van der Waals surface area contributed by atoms with Crippen LogP contribution in [0.4, 0.5) is 0 Å². The standard InChI is InChI=1S/C18H26ClN3O/c1-13(2)23-11-5-10-20-12-18-14(3)21-22(15(18)4)17-8-6-16(19)7-9-17/h6-9,13,20H,5,10-12H2,1-4H3. The van der Waals surface area contributed by atoms with Gasteiger partial charge in [0.25, 0.3) is 0 Å². The van der Waals surface area contributed by atoms with Crippen molar-refractivity contribution in [1.82, 2.24) is 15.1 Å². The lowest BCUT2D eigenvalue weighted by molar-refractivity contribution is 0.0770. The van der Waals surface area contributed by atoms with Crippen LogP contribution in [0.3, 0.4) is 0 Å². The maximum absolute atomic E-state index is 5.96. The molecule has 5 heteroatoms. The Morgan fingerprint density at radius 1 is 1.22 bits per heavy atom. The highest BCUT2D eigenvalue weighted by atomic mass is 35.5. The molecule has 0 saturated carbocycles. The quantitative estimate of drug-likeness (QED) is 0.740. The average Bonchev–Trinajstić information content (AvgIpc) is 2.79. The van der Waals surface area contributed by atoms with E-state index in [0.29, 0.717) is 6.10 Å². The van der Waals surface area contributed by atoms with Crippen molar-refractivity contribution in [2.75, 3.05) is 13.2 Å². The molecular weight excluding hydrogens is 310 g/mol. The number of aromatic nitrogens is 2. The normalized spacial score (nSPS) is 11.4. The Morgan fingerprint density at radius 3 is 2.57 bits per heavy atom. The zero-order chi connectivity index (χ0) is 16.8. The first kappa shape index (κ1) is 18.0. The molecule has 126 valence electrons. The SMILES string of the molecule is Cc1nn(-c2ccc(Cl)cc2)c(C)c1CNCCCOC(C)C.